The number of aryl methyl sites for hydroxylation is 1. The molecule has 1 aromatic heterocycles. The second kappa shape index (κ2) is 7.47. The number of aromatic nitrogens is 3. The number of H-pyrrole nitrogens is 1. The van der Waals surface area contributed by atoms with E-state index in [-0.39, 0.29) is 11.7 Å². The van der Waals surface area contributed by atoms with E-state index >= 15 is 0 Å². The van der Waals surface area contributed by atoms with Gasteiger partial charge < -0.3 is 5.32 Å². The van der Waals surface area contributed by atoms with Crippen molar-refractivity contribution in [3.05, 3.63) is 45.9 Å². The highest BCUT2D eigenvalue weighted by molar-refractivity contribution is 7.99. The van der Waals surface area contributed by atoms with Crippen LogP contribution >= 0.6 is 11.8 Å². The molecule has 0 spiro atoms. The second-order valence-electron chi connectivity index (χ2n) is 4.89. The number of nitrogens with one attached hydrogen (secondary N) is 2. The molecule has 6 heteroatoms. The van der Waals surface area contributed by atoms with Crippen molar-refractivity contribution in [3.63, 3.8) is 0 Å². The Kier molecular flexibility index (Phi) is 5.64. The number of thioether (sulfide) groups is 1. The number of rotatable bonds is 7. The van der Waals surface area contributed by atoms with Gasteiger partial charge in [0.1, 0.15) is 0 Å². The van der Waals surface area contributed by atoms with Crippen molar-refractivity contribution in [2.24, 2.45) is 7.05 Å². The summed E-state index contributed by atoms with van der Waals surface area (Å²) in [6, 6.07) is 8.95. The minimum atomic E-state index is -0.176. The van der Waals surface area contributed by atoms with Gasteiger partial charge in [0.2, 0.25) is 0 Å². The molecule has 2 rings (SSSR count). The molecule has 0 amide bonds. The van der Waals surface area contributed by atoms with Gasteiger partial charge in [0, 0.05) is 18.8 Å². The fourth-order valence-corrected chi connectivity index (χ4v) is 3.14. The molecule has 0 aliphatic carbocycles. The molecule has 1 aromatic carbocycles. The average molecular weight is 306 g/mol. The summed E-state index contributed by atoms with van der Waals surface area (Å²) in [5.41, 5.74) is 2.43. The number of hydrogen-bond donors (Lipinski definition) is 2. The largest absolute Gasteiger partial charge is 0.343 e. The van der Waals surface area contributed by atoms with Crippen LogP contribution in [-0.2, 0) is 13.5 Å². The monoisotopic (exact) mass is 306 g/mol. The van der Waals surface area contributed by atoms with Crippen molar-refractivity contribution in [2.45, 2.75) is 31.5 Å². The van der Waals surface area contributed by atoms with E-state index in [1.807, 2.05) is 0 Å². The van der Waals surface area contributed by atoms with Crippen molar-refractivity contribution in [1.29, 1.82) is 0 Å². The van der Waals surface area contributed by atoms with Gasteiger partial charge in [-0.25, -0.2) is 9.89 Å². The first-order valence-electron chi connectivity index (χ1n) is 7.22. The lowest BCUT2D eigenvalue weighted by Crippen LogP contribution is -2.23. The molecule has 0 fully saturated rings. The molecule has 0 aliphatic heterocycles. The normalized spacial score (nSPS) is 12.5. The van der Waals surface area contributed by atoms with Crippen LogP contribution in [-0.4, -0.2) is 27.1 Å². The number of hydrogen-bond acceptors (Lipinski definition) is 4. The first-order chi connectivity index (χ1) is 10.2. The van der Waals surface area contributed by atoms with Gasteiger partial charge >= 0.3 is 5.69 Å². The molecule has 1 atom stereocenters. The van der Waals surface area contributed by atoms with Crippen molar-refractivity contribution in [3.8, 4) is 0 Å². The number of benzene rings is 1. The van der Waals surface area contributed by atoms with E-state index in [2.05, 4.69) is 53.6 Å². The van der Waals surface area contributed by atoms with Gasteiger partial charge in [0.25, 0.3) is 0 Å². The highest BCUT2D eigenvalue weighted by Crippen LogP contribution is 2.22. The standard InChI is InChI=1S/C15H22N4OS/c1-4-11-6-8-12(9-7-11)13(16-5-2)10-21-15-18-17-14(20)19(15)3/h6-9,13,16H,4-5,10H2,1-3H3,(H,17,20). The summed E-state index contributed by atoms with van der Waals surface area (Å²) in [5, 5.41) is 10.7. The van der Waals surface area contributed by atoms with E-state index < -0.39 is 0 Å². The molecule has 1 heterocycles. The lowest BCUT2D eigenvalue weighted by Gasteiger charge is -2.18. The topological polar surface area (TPSA) is 62.7 Å². The third-order valence-electron chi connectivity index (χ3n) is 3.46. The summed E-state index contributed by atoms with van der Waals surface area (Å²) in [5.74, 6) is 0.831. The van der Waals surface area contributed by atoms with Crippen LogP contribution in [0.4, 0.5) is 0 Å². The summed E-state index contributed by atoms with van der Waals surface area (Å²) < 4.78 is 1.54. The Balaban J connectivity index is 2.07. The van der Waals surface area contributed by atoms with Crippen molar-refractivity contribution in [2.75, 3.05) is 12.3 Å². The maximum absolute atomic E-state index is 11.4. The van der Waals surface area contributed by atoms with Crippen LogP contribution in [0.3, 0.4) is 0 Å². The Morgan fingerprint density at radius 2 is 2.05 bits per heavy atom. The number of nitrogens with zero attached hydrogens (tertiary/aromatic N) is 2. The van der Waals surface area contributed by atoms with Crippen LogP contribution in [0.5, 0.6) is 0 Å². The van der Waals surface area contributed by atoms with E-state index in [0.717, 1.165) is 18.7 Å². The summed E-state index contributed by atoms with van der Waals surface area (Å²) in [6.07, 6.45) is 1.05. The van der Waals surface area contributed by atoms with Gasteiger partial charge in [0.05, 0.1) is 0 Å². The Morgan fingerprint density at radius 1 is 1.33 bits per heavy atom. The summed E-state index contributed by atoms with van der Waals surface area (Å²) in [4.78, 5) is 11.4. The minimum Gasteiger partial charge on any atom is -0.309 e. The number of aromatic amines is 1. The maximum atomic E-state index is 11.4. The van der Waals surface area contributed by atoms with Crippen LogP contribution in [0.1, 0.15) is 31.0 Å². The molecule has 0 saturated heterocycles. The molecule has 0 bridgehead atoms. The van der Waals surface area contributed by atoms with E-state index in [9.17, 15) is 4.79 Å². The van der Waals surface area contributed by atoms with Crippen LogP contribution < -0.4 is 11.0 Å². The molecule has 21 heavy (non-hydrogen) atoms. The molecule has 0 radical (unpaired) electrons. The van der Waals surface area contributed by atoms with Crippen LogP contribution in [0, 0.1) is 0 Å². The molecule has 0 saturated carbocycles. The molecule has 2 aromatic rings. The van der Waals surface area contributed by atoms with E-state index in [1.54, 1.807) is 18.8 Å². The lowest BCUT2D eigenvalue weighted by molar-refractivity contribution is 0.604. The van der Waals surface area contributed by atoms with Gasteiger partial charge in [-0.1, -0.05) is 49.9 Å². The van der Waals surface area contributed by atoms with E-state index in [1.165, 1.54) is 15.7 Å². The Morgan fingerprint density at radius 3 is 2.57 bits per heavy atom. The summed E-state index contributed by atoms with van der Waals surface area (Å²) in [6.45, 7) is 5.16. The Hall–Kier alpha value is -1.53. The predicted molar refractivity (Wildman–Crippen MR) is 86.8 cm³/mol. The molecule has 114 valence electrons. The molecule has 0 aliphatic rings. The van der Waals surface area contributed by atoms with E-state index in [0.29, 0.717) is 5.16 Å². The third-order valence-corrected chi connectivity index (χ3v) is 4.58. The van der Waals surface area contributed by atoms with Crippen LogP contribution in [0.2, 0.25) is 0 Å². The summed E-state index contributed by atoms with van der Waals surface area (Å²) in [7, 11) is 1.73. The SMILES string of the molecule is CCNC(CSc1n[nH]c(=O)n1C)c1ccc(CC)cc1. The molecule has 5 nitrogen and oxygen atoms in total. The second-order valence-corrected chi connectivity index (χ2v) is 5.87. The minimum absolute atomic E-state index is 0.176. The van der Waals surface area contributed by atoms with Crippen molar-refractivity contribution < 1.29 is 0 Å². The first kappa shape index (κ1) is 15.9. The zero-order valence-electron chi connectivity index (χ0n) is 12.7. The zero-order chi connectivity index (χ0) is 15.2. The quantitative estimate of drug-likeness (QED) is 0.769. The van der Waals surface area contributed by atoms with Gasteiger partial charge in [-0.3, -0.25) is 4.57 Å². The Bertz CT molecular complexity index is 617. The average Bonchev–Trinajstić information content (AvgIpc) is 2.83. The molecule has 1 unspecified atom stereocenters. The highest BCUT2D eigenvalue weighted by Gasteiger charge is 2.13. The van der Waals surface area contributed by atoms with Gasteiger partial charge in [0.15, 0.2) is 5.16 Å². The van der Waals surface area contributed by atoms with Crippen LogP contribution in [0.15, 0.2) is 34.2 Å². The molecular weight excluding hydrogens is 284 g/mol. The maximum Gasteiger partial charge on any atom is 0.343 e. The predicted octanol–water partition coefficient (Wildman–Crippen LogP) is 2.11. The lowest BCUT2D eigenvalue weighted by atomic mass is 10.1. The molecule has 2 N–H and O–H groups in total. The summed E-state index contributed by atoms with van der Waals surface area (Å²) >= 11 is 1.58. The van der Waals surface area contributed by atoms with Crippen molar-refractivity contribution >= 4 is 11.8 Å². The Labute approximate surface area is 129 Å². The smallest absolute Gasteiger partial charge is 0.309 e. The van der Waals surface area contributed by atoms with Gasteiger partial charge in [-0.05, 0) is 24.1 Å². The molecular formula is C15H22N4OS. The fourth-order valence-electron chi connectivity index (χ4n) is 2.12. The zero-order valence-corrected chi connectivity index (χ0v) is 13.5. The van der Waals surface area contributed by atoms with Crippen molar-refractivity contribution in [1.82, 2.24) is 20.1 Å². The van der Waals surface area contributed by atoms with Gasteiger partial charge in [-0.15, -0.1) is 5.10 Å². The van der Waals surface area contributed by atoms with E-state index in [4.69, 9.17) is 0 Å². The van der Waals surface area contributed by atoms with Crippen LogP contribution in [0.25, 0.3) is 0 Å². The fraction of sp³-hybridized carbons (Fsp3) is 0.467. The first-order valence-corrected chi connectivity index (χ1v) is 8.20. The highest BCUT2D eigenvalue weighted by atomic mass is 32.2. The third kappa shape index (κ3) is 3.98. The van der Waals surface area contributed by atoms with Gasteiger partial charge in [-0.2, -0.15) is 0 Å².